The van der Waals surface area contributed by atoms with E-state index in [-0.39, 0.29) is 18.4 Å². The molecular formula is C9H17NO3. The summed E-state index contributed by atoms with van der Waals surface area (Å²) in [7, 11) is 3.02. The Bertz CT molecular complexity index is 184. The third-order valence-electron chi connectivity index (χ3n) is 2.52. The van der Waals surface area contributed by atoms with Crippen LogP contribution in [0.2, 0.25) is 0 Å². The quantitative estimate of drug-likeness (QED) is 0.626. The van der Waals surface area contributed by atoms with Crippen LogP contribution in [0.25, 0.3) is 0 Å². The highest BCUT2D eigenvalue weighted by atomic mass is 16.6. The third kappa shape index (κ3) is 2.12. The molecule has 1 rings (SSSR count). The Labute approximate surface area is 78.8 Å². The Morgan fingerprint density at radius 2 is 2.08 bits per heavy atom. The summed E-state index contributed by atoms with van der Waals surface area (Å²) in [6, 6.07) is 0.214. The van der Waals surface area contributed by atoms with E-state index >= 15 is 0 Å². The van der Waals surface area contributed by atoms with Gasteiger partial charge in [0.25, 0.3) is 0 Å². The number of carbonyl (C=O) groups excluding carboxylic acids is 1. The molecule has 0 bridgehead atoms. The average Bonchev–Trinajstić information content (AvgIpc) is 2.16. The van der Waals surface area contributed by atoms with E-state index in [9.17, 15) is 4.79 Å². The molecule has 1 amide bonds. The van der Waals surface area contributed by atoms with Crippen molar-refractivity contribution < 1.29 is 14.3 Å². The SMILES string of the molecule is COC(=O)N1C(C)CCCC1OC. The number of carbonyl (C=O) groups is 1. The van der Waals surface area contributed by atoms with Gasteiger partial charge in [0.15, 0.2) is 0 Å². The molecule has 1 aliphatic heterocycles. The van der Waals surface area contributed by atoms with Crippen LogP contribution < -0.4 is 0 Å². The number of rotatable bonds is 1. The zero-order valence-electron chi connectivity index (χ0n) is 8.45. The molecule has 2 atom stereocenters. The zero-order valence-corrected chi connectivity index (χ0v) is 8.45. The maximum atomic E-state index is 11.4. The molecule has 0 aromatic heterocycles. The minimum Gasteiger partial charge on any atom is -0.453 e. The summed E-state index contributed by atoms with van der Waals surface area (Å²) in [4.78, 5) is 13.0. The van der Waals surface area contributed by atoms with Crippen molar-refractivity contribution in [3.63, 3.8) is 0 Å². The molecule has 1 saturated heterocycles. The number of hydrogen-bond donors (Lipinski definition) is 0. The lowest BCUT2D eigenvalue weighted by Gasteiger charge is -2.38. The number of ether oxygens (including phenoxy) is 2. The second kappa shape index (κ2) is 4.46. The summed E-state index contributed by atoms with van der Waals surface area (Å²) < 4.78 is 9.92. The standard InChI is InChI=1S/C9H17NO3/c1-7-5-4-6-8(12-2)10(7)9(11)13-3/h7-8H,4-6H2,1-3H3. The van der Waals surface area contributed by atoms with E-state index in [1.807, 2.05) is 6.92 Å². The normalized spacial score (nSPS) is 28.7. The first-order chi connectivity index (χ1) is 6.20. The third-order valence-corrected chi connectivity index (χ3v) is 2.52. The van der Waals surface area contributed by atoms with E-state index in [0.29, 0.717) is 0 Å². The summed E-state index contributed by atoms with van der Waals surface area (Å²) in [5.41, 5.74) is 0. The van der Waals surface area contributed by atoms with Gasteiger partial charge in [-0.3, -0.25) is 4.90 Å². The zero-order chi connectivity index (χ0) is 9.84. The summed E-state index contributed by atoms with van der Waals surface area (Å²) >= 11 is 0. The first-order valence-electron chi connectivity index (χ1n) is 4.59. The van der Waals surface area contributed by atoms with E-state index in [0.717, 1.165) is 19.3 Å². The Morgan fingerprint density at radius 1 is 1.38 bits per heavy atom. The van der Waals surface area contributed by atoms with Crippen LogP contribution in [0.15, 0.2) is 0 Å². The fourth-order valence-electron chi connectivity index (χ4n) is 1.78. The van der Waals surface area contributed by atoms with Crippen molar-refractivity contribution >= 4 is 6.09 Å². The minimum atomic E-state index is -0.293. The highest BCUT2D eigenvalue weighted by Gasteiger charge is 2.32. The van der Waals surface area contributed by atoms with E-state index in [4.69, 9.17) is 9.47 Å². The van der Waals surface area contributed by atoms with Crippen LogP contribution in [0, 0.1) is 0 Å². The molecule has 1 aliphatic rings. The molecule has 13 heavy (non-hydrogen) atoms. The van der Waals surface area contributed by atoms with Crippen LogP contribution in [0.4, 0.5) is 4.79 Å². The first-order valence-corrected chi connectivity index (χ1v) is 4.59. The van der Waals surface area contributed by atoms with Crippen LogP contribution in [-0.2, 0) is 9.47 Å². The summed E-state index contributed by atoms with van der Waals surface area (Å²) in [6.07, 6.45) is 2.62. The second-order valence-corrected chi connectivity index (χ2v) is 3.35. The van der Waals surface area contributed by atoms with Gasteiger partial charge in [0.1, 0.15) is 6.23 Å². The molecule has 76 valence electrons. The van der Waals surface area contributed by atoms with Gasteiger partial charge in [-0.1, -0.05) is 0 Å². The molecule has 0 N–H and O–H groups in total. The summed E-state index contributed by atoms with van der Waals surface area (Å²) in [5.74, 6) is 0. The van der Waals surface area contributed by atoms with E-state index in [1.54, 1.807) is 12.0 Å². The number of likely N-dealkylation sites (tertiary alicyclic amines) is 1. The molecule has 0 saturated carbocycles. The van der Waals surface area contributed by atoms with Gasteiger partial charge >= 0.3 is 6.09 Å². The van der Waals surface area contributed by atoms with Gasteiger partial charge in [0, 0.05) is 13.2 Å². The van der Waals surface area contributed by atoms with Crippen LogP contribution in [0.5, 0.6) is 0 Å². The van der Waals surface area contributed by atoms with Crippen molar-refractivity contribution in [2.24, 2.45) is 0 Å². The number of nitrogens with zero attached hydrogens (tertiary/aromatic N) is 1. The van der Waals surface area contributed by atoms with Gasteiger partial charge < -0.3 is 9.47 Å². The van der Waals surface area contributed by atoms with Gasteiger partial charge in [-0.2, -0.15) is 0 Å². The lowest BCUT2D eigenvalue weighted by molar-refractivity contribution is -0.0654. The molecule has 4 nitrogen and oxygen atoms in total. The molecule has 0 radical (unpaired) electrons. The Hall–Kier alpha value is -0.770. The van der Waals surface area contributed by atoms with Crippen LogP contribution in [0.1, 0.15) is 26.2 Å². The lowest BCUT2D eigenvalue weighted by Crippen LogP contribution is -2.49. The lowest BCUT2D eigenvalue weighted by atomic mass is 10.0. The number of amides is 1. The molecule has 0 spiro atoms. The van der Waals surface area contributed by atoms with E-state index < -0.39 is 0 Å². The van der Waals surface area contributed by atoms with Gasteiger partial charge in [0.2, 0.25) is 0 Å². The first kappa shape index (κ1) is 10.3. The van der Waals surface area contributed by atoms with Gasteiger partial charge in [-0.15, -0.1) is 0 Å². The van der Waals surface area contributed by atoms with Crippen LogP contribution >= 0.6 is 0 Å². The topological polar surface area (TPSA) is 38.8 Å². The van der Waals surface area contributed by atoms with Crippen LogP contribution in [0.3, 0.4) is 0 Å². The molecule has 0 aromatic carbocycles. The molecule has 0 aromatic rings. The van der Waals surface area contributed by atoms with E-state index in [1.165, 1.54) is 7.11 Å². The highest BCUT2D eigenvalue weighted by Crippen LogP contribution is 2.23. The number of hydrogen-bond acceptors (Lipinski definition) is 3. The van der Waals surface area contributed by atoms with Crippen molar-refractivity contribution in [2.45, 2.75) is 38.5 Å². The largest absolute Gasteiger partial charge is 0.453 e. The maximum absolute atomic E-state index is 11.4. The van der Waals surface area contributed by atoms with Gasteiger partial charge in [-0.25, -0.2) is 4.79 Å². The van der Waals surface area contributed by atoms with Crippen molar-refractivity contribution in [2.75, 3.05) is 14.2 Å². The molecule has 0 aliphatic carbocycles. The predicted molar refractivity (Wildman–Crippen MR) is 48.4 cm³/mol. The summed E-state index contributed by atoms with van der Waals surface area (Å²) in [5, 5.41) is 0. The van der Waals surface area contributed by atoms with Crippen molar-refractivity contribution in [3.05, 3.63) is 0 Å². The Morgan fingerprint density at radius 3 is 2.62 bits per heavy atom. The maximum Gasteiger partial charge on any atom is 0.411 e. The summed E-state index contributed by atoms with van der Waals surface area (Å²) in [6.45, 7) is 2.02. The predicted octanol–water partition coefficient (Wildman–Crippen LogP) is 1.60. The minimum absolute atomic E-state index is 0.115. The van der Waals surface area contributed by atoms with Gasteiger partial charge in [-0.05, 0) is 26.2 Å². The fourth-order valence-corrected chi connectivity index (χ4v) is 1.78. The molecule has 2 unspecified atom stereocenters. The number of piperidine rings is 1. The van der Waals surface area contributed by atoms with E-state index in [2.05, 4.69) is 0 Å². The van der Waals surface area contributed by atoms with Crippen molar-refractivity contribution in [1.82, 2.24) is 4.90 Å². The van der Waals surface area contributed by atoms with Gasteiger partial charge in [0.05, 0.1) is 7.11 Å². The number of methoxy groups -OCH3 is 2. The van der Waals surface area contributed by atoms with Crippen molar-refractivity contribution in [1.29, 1.82) is 0 Å². The smallest absolute Gasteiger partial charge is 0.411 e. The fraction of sp³-hybridized carbons (Fsp3) is 0.889. The second-order valence-electron chi connectivity index (χ2n) is 3.35. The highest BCUT2D eigenvalue weighted by molar-refractivity contribution is 5.68. The molecule has 1 heterocycles. The molecule has 1 fully saturated rings. The molecular weight excluding hydrogens is 170 g/mol. The Kier molecular flexibility index (Phi) is 3.54. The average molecular weight is 187 g/mol. The van der Waals surface area contributed by atoms with Crippen molar-refractivity contribution in [3.8, 4) is 0 Å². The molecule has 4 heteroatoms. The monoisotopic (exact) mass is 187 g/mol. The Balaban J connectivity index is 2.67. The van der Waals surface area contributed by atoms with Crippen LogP contribution in [-0.4, -0.2) is 37.5 Å².